The number of carbonyl (C=O) groups is 2. The van der Waals surface area contributed by atoms with Crippen molar-refractivity contribution in [1.82, 2.24) is 0 Å². The van der Waals surface area contributed by atoms with E-state index in [-0.39, 0.29) is 12.4 Å². The third kappa shape index (κ3) is 3.82. The monoisotopic (exact) mass is 343 g/mol. The lowest BCUT2D eigenvalue weighted by Gasteiger charge is -2.14. The molecule has 2 aromatic carbocycles. The number of hydrogen-bond acceptors (Lipinski definition) is 6. The summed E-state index contributed by atoms with van der Waals surface area (Å²) in [5.74, 6) is 0.597. The minimum absolute atomic E-state index is 0.118. The number of amides is 1. The Bertz CT molecular complexity index is 804. The zero-order valence-electron chi connectivity index (χ0n) is 13.8. The van der Waals surface area contributed by atoms with Crippen LogP contribution in [0.25, 0.3) is 0 Å². The molecule has 0 saturated carbocycles. The summed E-state index contributed by atoms with van der Waals surface area (Å²) in [4.78, 5) is 24.4. The molecule has 0 radical (unpaired) electrons. The fourth-order valence-corrected chi connectivity index (χ4v) is 2.25. The van der Waals surface area contributed by atoms with Crippen LogP contribution in [0.3, 0.4) is 0 Å². The van der Waals surface area contributed by atoms with Gasteiger partial charge in [-0.15, -0.1) is 0 Å². The molecule has 1 N–H and O–H groups in total. The van der Waals surface area contributed by atoms with E-state index in [1.54, 1.807) is 36.4 Å². The Balaban J connectivity index is 1.61. The van der Waals surface area contributed by atoms with E-state index < -0.39 is 18.0 Å². The topological polar surface area (TPSA) is 83.1 Å². The van der Waals surface area contributed by atoms with Gasteiger partial charge in [0.05, 0.1) is 12.7 Å². The molecule has 0 bridgehead atoms. The summed E-state index contributed by atoms with van der Waals surface area (Å²) < 4.78 is 20.7. The lowest BCUT2D eigenvalue weighted by molar-refractivity contribution is -0.123. The van der Waals surface area contributed by atoms with Crippen LogP contribution < -0.4 is 19.5 Å². The number of benzene rings is 2. The lowest BCUT2D eigenvalue weighted by Crippen LogP contribution is -2.30. The maximum atomic E-state index is 12.2. The molecule has 3 rings (SSSR count). The van der Waals surface area contributed by atoms with Crippen LogP contribution in [0.1, 0.15) is 17.3 Å². The van der Waals surface area contributed by atoms with E-state index in [1.807, 2.05) is 0 Å². The van der Waals surface area contributed by atoms with Gasteiger partial charge < -0.3 is 24.3 Å². The van der Waals surface area contributed by atoms with Crippen LogP contribution in [0.4, 0.5) is 5.69 Å². The molecule has 0 aliphatic carbocycles. The highest BCUT2D eigenvalue weighted by Crippen LogP contribution is 2.32. The summed E-state index contributed by atoms with van der Waals surface area (Å²) in [6.07, 6.45) is -0.968. The van der Waals surface area contributed by atoms with Crippen LogP contribution in [-0.2, 0) is 9.53 Å². The maximum absolute atomic E-state index is 12.2. The van der Waals surface area contributed by atoms with Crippen LogP contribution in [-0.4, -0.2) is 31.9 Å². The molecule has 0 unspecified atom stereocenters. The van der Waals surface area contributed by atoms with Crippen LogP contribution in [0.15, 0.2) is 42.5 Å². The van der Waals surface area contributed by atoms with Gasteiger partial charge in [0, 0.05) is 11.8 Å². The van der Waals surface area contributed by atoms with Crippen molar-refractivity contribution in [2.75, 3.05) is 19.2 Å². The quantitative estimate of drug-likeness (QED) is 0.840. The highest BCUT2D eigenvalue weighted by atomic mass is 16.7. The molecule has 130 valence electrons. The third-order valence-electron chi connectivity index (χ3n) is 3.60. The van der Waals surface area contributed by atoms with E-state index in [0.29, 0.717) is 22.9 Å². The van der Waals surface area contributed by atoms with E-state index in [1.165, 1.54) is 20.1 Å². The number of ether oxygens (including phenoxy) is 4. The molecule has 0 saturated heterocycles. The molecule has 1 atom stereocenters. The zero-order chi connectivity index (χ0) is 17.8. The Morgan fingerprint density at radius 1 is 1.12 bits per heavy atom. The first-order valence-corrected chi connectivity index (χ1v) is 7.62. The Hall–Kier alpha value is -3.22. The molecule has 1 heterocycles. The van der Waals surface area contributed by atoms with Gasteiger partial charge >= 0.3 is 5.97 Å². The average molecular weight is 343 g/mol. The van der Waals surface area contributed by atoms with Gasteiger partial charge in [0.25, 0.3) is 5.91 Å². The van der Waals surface area contributed by atoms with Gasteiger partial charge in [-0.1, -0.05) is 6.07 Å². The third-order valence-corrected chi connectivity index (χ3v) is 3.60. The zero-order valence-corrected chi connectivity index (χ0v) is 13.8. The number of anilines is 1. The first-order valence-electron chi connectivity index (χ1n) is 7.62. The molecule has 7 heteroatoms. The predicted octanol–water partition coefficient (Wildman–Crippen LogP) is 2.61. The van der Waals surface area contributed by atoms with Crippen LogP contribution >= 0.6 is 0 Å². The minimum atomic E-state index is -0.968. The van der Waals surface area contributed by atoms with Crippen LogP contribution in [0.5, 0.6) is 17.2 Å². The molecule has 1 aliphatic heterocycles. The van der Waals surface area contributed by atoms with Gasteiger partial charge in [-0.3, -0.25) is 4.79 Å². The van der Waals surface area contributed by atoms with Gasteiger partial charge in [-0.05, 0) is 37.3 Å². The number of carbonyl (C=O) groups excluding carboxylic acids is 2. The first-order chi connectivity index (χ1) is 12.1. The fourth-order valence-electron chi connectivity index (χ4n) is 2.25. The van der Waals surface area contributed by atoms with Gasteiger partial charge in [0.2, 0.25) is 6.79 Å². The Labute approximate surface area is 144 Å². The molecule has 0 spiro atoms. The Kier molecular flexibility index (Phi) is 4.74. The van der Waals surface area contributed by atoms with Crippen molar-refractivity contribution < 1.29 is 28.5 Å². The smallest absolute Gasteiger partial charge is 0.339 e. The number of rotatable bonds is 5. The van der Waals surface area contributed by atoms with Crippen LogP contribution in [0.2, 0.25) is 0 Å². The molecule has 2 aromatic rings. The summed E-state index contributed by atoms with van der Waals surface area (Å²) in [6.45, 7) is 1.62. The number of fused-ring (bicyclic) bond motifs is 1. The maximum Gasteiger partial charge on any atom is 0.339 e. The van der Waals surface area contributed by atoms with Gasteiger partial charge in [0.15, 0.2) is 17.6 Å². The number of esters is 1. The number of hydrogen-bond donors (Lipinski definition) is 1. The second-order valence-electron chi connectivity index (χ2n) is 5.34. The van der Waals surface area contributed by atoms with Crippen molar-refractivity contribution in [3.63, 3.8) is 0 Å². The van der Waals surface area contributed by atoms with Gasteiger partial charge in [0.1, 0.15) is 5.75 Å². The number of nitrogens with one attached hydrogen (secondary N) is 1. The largest absolute Gasteiger partial charge is 0.497 e. The average Bonchev–Trinajstić information content (AvgIpc) is 3.09. The van der Waals surface area contributed by atoms with Crippen molar-refractivity contribution in [3.8, 4) is 17.2 Å². The van der Waals surface area contributed by atoms with Gasteiger partial charge in [-0.2, -0.15) is 0 Å². The van der Waals surface area contributed by atoms with E-state index in [4.69, 9.17) is 18.9 Å². The van der Waals surface area contributed by atoms with E-state index in [2.05, 4.69) is 5.32 Å². The van der Waals surface area contributed by atoms with E-state index in [9.17, 15) is 9.59 Å². The second kappa shape index (κ2) is 7.12. The van der Waals surface area contributed by atoms with Crippen molar-refractivity contribution in [1.29, 1.82) is 0 Å². The minimum Gasteiger partial charge on any atom is -0.497 e. The standard InChI is InChI=1S/C18H17NO6/c1-11(17(20)19-13-4-3-5-14(9-13)22-2)25-18(21)12-6-7-15-16(8-12)24-10-23-15/h3-9,11H,10H2,1-2H3,(H,19,20)/t11-/m1/s1. The molecule has 25 heavy (non-hydrogen) atoms. The highest BCUT2D eigenvalue weighted by molar-refractivity contribution is 5.97. The van der Waals surface area contributed by atoms with Crippen molar-refractivity contribution in [3.05, 3.63) is 48.0 Å². The van der Waals surface area contributed by atoms with Crippen molar-refractivity contribution >= 4 is 17.6 Å². The summed E-state index contributed by atoms with van der Waals surface area (Å²) in [6, 6.07) is 11.6. The van der Waals surface area contributed by atoms with Crippen LogP contribution in [0, 0.1) is 0 Å². The summed E-state index contributed by atoms with van der Waals surface area (Å²) in [7, 11) is 1.54. The van der Waals surface area contributed by atoms with E-state index >= 15 is 0 Å². The summed E-state index contributed by atoms with van der Waals surface area (Å²) in [5.41, 5.74) is 0.834. The summed E-state index contributed by atoms with van der Waals surface area (Å²) >= 11 is 0. The molecule has 1 amide bonds. The highest BCUT2D eigenvalue weighted by Gasteiger charge is 2.21. The first kappa shape index (κ1) is 16.6. The predicted molar refractivity (Wildman–Crippen MR) is 89.1 cm³/mol. The molecular formula is C18H17NO6. The molecule has 0 fully saturated rings. The van der Waals surface area contributed by atoms with Gasteiger partial charge in [-0.25, -0.2) is 4.79 Å². The fraction of sp³-hybridized carbons (Fsp3) is 0.222. The summed E-state index contributed by atoms with van der Waals surface area (Å²) in [5, 5.41) is 2.67. The van der Waals surface area contributed by atoms with Crippen molar-refractivity contribution in [2.45, 2.75) is 13.0 Å². The SMILES string of the molecule is COc1cccc(NC(=O)[C@@H](C)OC(=O)c2ccc3c(c2)OCO3)c1. The Morgan fingerprint density at radius 2 is 1.92 bits per heavy atom. The second-order valence-corrected chi connectivity index (χ2v) is 5.34. The molecule has 0 aromatic heterocycles. The normalized spacial score (nSPS) is 13.0. The molecular weight excluding hydrogens is 326 g/mol. The van der Waals surface area contributed by atoms with Crippen molar-refractivity contribution in [2.24, 2.45) is 0 Å². The lowest BCUT2D eigenvalue weighted by atomic mass is 10.2. The molecule has 1 aliphatic rings. The van der Waals surface area contributed by atoms with E-state index in [0.717, 1.165) is 0 Å². The molecule has 7 nitrogen and oxygen atoms in total. The Morgan fingerprint density at radius 3 is 2.72 bits per heavy atom. The number of methoxy groups -OCH3 is 1.